The third-order valence-corrected chi connectivity index (χ3v) is 9.88. The van der Waals surface area contributed by atoms with Crippen molar-refractivity contribution in [3.05, 3.63) is 74.5 Å². The standard InChI is InChI=1S/C21H25BrN5O2P/c1-6-30(25(4)5,24-20-13-12-18(27(28)29)14-19(20)22)21-15(2)23-26(16(21)3)17-10-8-7-9-11-17/h7-14H,6H2,1-5H3. The van der Waals surface area contributed by atoms with Crippen LogP contribution in [0.25, 0.3) is 5.69 Å². The lowest BCUT2D eigenvalue weighted by atomic mass is 10.3. The van der Waals surface area contributed by atoms with Gasteiger partial charge in [-0.25, -0.2) is 9.43 Å². The summed E-state index contributed by atoms with van der Waals surface area (Å²) < 4.78 is 9.99. The van der Waals surface area contributed by atoms with Crippen LogP contribution < -0.4 is 5.30 Å². The molecule has 30 heavy (non-hydrogen) atoms. The second kappa shape index (κ2) is 8.84. The molecule has 1 atom stereocenters. The Balaban J connectivity index is 2.27. The number of nitrogens with zero attached hydrogens (tertiary/aromatic N) is 5. The molecule has 0 saturated carbocycles. The van der Waals surface area contributed by atoms with Gasteiger partial charge in [-0.05, 0) is 68.2 Å². The smallest absolute Gasteiger partial charge is 0.270 e. The zero-order chi connectivity index (χ0) is 22.1. The lowest BCUT2D eigenvalue weighted by Gasteiger charge is -2.31. The molecule has 9 heteroatoms. The fraction of sp³-hybridized carbons (Fsp3) is 0.286. The van der Waals surface area contributed by atoms with Gasteiger partial charge >= 0.3 is 0 Å². The molecule has 2 aromatic carbocycles. The van der Waals surface area contributed by atoms with Crippen molar-refractivity contribution in [1.82, 2.24) is 14.5 Å². The van der Waals surface area contributed by atoms with Crippen LogP contribution in [-0.4, -0.2) is 39.6 Å². The van der Waals surface area contributed by atoms with E-state index in [0.29, 0.717) is 10.2 Å². The number of benzene rings is 2. The van der Waals surface area contributed by atoms with Gasteiger partial charge in [-0.3, -0.25) is 14.8 Å². The summed E-state index contributed by atoms with van der Waals surface area (Å²) in [6, 6.07) is 14.8. The fourth-order valence-corrected chi connectivity index (χ4v) is 7.69. The molecule has 0 saturated heterocycles. The average molecular weight is 490 g/mol. The lowest BCUT2D eigenvalue weighted by molar-refractivity contribution is -0.384. The minimum absolute atomic E-state index is 0.0374. The van der Waals surface area contributed by atoms with Gasteiger partial charge in [0.1, 0.15) is 0 Å². The minimum Gasteiger partial charge on any atom is -0.272 e. The fourth-order valence-electron chi connectivity index (χ4n) is 3.69. The molecule has 3 aromatic rings. The summed E-state index contributed by atoms with van der Waals surface area (Å²) in [5.74, 6) is 0. The van der Waals surface area contributed by atoms with E-state index in [2.05, 4.69) is 34.4 Å². The SMILES string of the molecule is CCP(=Nc1ccc([N+](=O)[O-])cc1Br)(c1c(C)nn(-c2ccccc2)c1C)N(C)C. The highest BCUT2D eigenvalue weighted by Gasteiger charge is 2.31. The summed E-state index contributed by atoms with van der Waals surface area (Å²) in [6.45, 7) is 6.24. The van der Waals surface area contributed by atoms with Gasteiger partial charge in [0.2, 0.25) is 0 Å². The zero-order valence-corrected chi connectivity index (χ0v) is 20.2. The van der Waals surface area contributed by atoms with Crippen molar-refractivity contribution in [2.75, 3.05) is 20.3 Å². The molecular weight excluding hydrogens is 465 g/mol. The van der Waals surface area contributed by atoms with E-state index >= 15 is 0 Å². The first-order chi connectivity index (χ1) is 14.2. The second-order valence-electron chi connectivity index (χ2n) is 7.15. The van der Waals surface area contributed by atoms with E-state index < -0.39 is 12.1 Å². The van der Waals surface area contributed by atoms with Crippen LogP contribution in [0.5, 0.6) is 0 Å². The Morgan fingerprint density at radius 3 is 2.40 bits per heavy atom. The largest absolute Gasteiger partial charge is 0.272 e. The Morgan fingerprint density at radius 2 is 1.87 bits per heavy atom. The molecule has 3 rings (SSSR count). The van der Waals surface area contributed by atoms with Gasteiger partial charge in [-0.1, -0.05) is 25.1 Å². The lowest BCUT2D eigenvalue weighted by Crippen LogP contribution is -2.23. The number of hydrogen-bond acceptors (Lipinski definition) is 4. The number of aryl methyl sites for hydroxylation is 1. The molecule has 0 amide bonds. The number of para-hydroxylation sites is 1. The highest BCUT2D eigenvalue weighted by atomic mass is 79.9. The van der Waals surface area contributed by atoms with E-state index in [4.69, 9.17) is 9.84 Å². The summed E-state index contributed by atoms with van der Waals surface area (Å²) >= 11 is 3.48. The van der Waals surface area contributed by atoms with Gasteiger partial charge in [0.25, 0.3) is 5.69 Å². The van der Waals surface area contributed by atoms with Crippen molar-refractivity contribution >= 4 is 39.8 Å². The normalized spacial score (nSPS) is 13.3. The number of hydrogen-bond donors (Lipinski definition) is 0. The summed E-state index contributed by atoms with van der Waals surface area (Å²) in [5, 5.41) is 17.1. The highest BCUT2D eigenvalue weighted by molar-refractivity contribution is 9.10. The molecule has 0 radical (unpaired) electrons. The van der Waals surface area contributed by atoms with Gasteiger partial charge in [0.05, 0.1) is 40.2 Å². The van der Waals surface area contributed by atoms with E-state index in [-0.39, 0.29) is 5.69 Å². The molecule has 0 N–H and O–H groups in total. The number of rotatable bonds is 6. The number of aromatic nitrogens is 2. The Morgan fingerprint density at radius 1 is 1.20 bits per heavy atom. The van der Waals surface area contributed by atoms with Gasteiger partial charge in [0.15, 0.2) is 0 Å². The van der Waals surface area contributed by atoms with E-state index in [0.717, 1.165) is 28.5 Å². The Bertz CT molecular complexity index is 1140. The van der Waals surface area contributed by atoms with Crippen LogP contribution in [0, 0.1) is 24.0 Å². The summed E-state index contributed by atoms with van der Waals surface area (Å²) in [5.41, 5.74) is 3.76. The predicted octanol–water partition coefficient (Wildman–Crippen LogP) is 5.81. The number of halogens is 1. The maximum atomic E-state index is 11.1. The van der Waals surface area contributed by atoms with E-state index in [1.54, 1.807) is 6.07 Å². The minimum atomic E-state index is -2.19. The quantitative estimate of drug-likeness (QED) is 0.248. The molecule has 0 bridgehead atoms. The third kappa shape index (κ3) is 4.00. The van der Waals surface area contributed by atoms with E-state index in [9.17, 15) is 10.1 Å². The van der Waals surface area contributed by atoms with Crippen molar-refractivity contribution in [2.24, 2.45) is 4.74 Å². The zero-order valence-electron chi connectivity index (χ0n) is 17.7. The number of nitro groups is 1. The number of non-ortho nitro benzene ring substituents is 1. The van der Waals surface area contributed by atoms with Gasteiger partial charge in [0, 0.05) is 16.6 Å². The van der Waals surface area contributed by atoms with Crippen LogP contribution in [-0.2, 0) is 0 Å². The third-order valence-electron chi connectivity index (χ3n) is 5.13. The van der Waals surface area contributed by atoms with Gasteiger partial charge in [-0.15, -0.1) is 0 Å². The molecule has 1 aromatic heterocycles. The first-order valence-corrected chi connectivity index (χ1v) is 12.2. The second-order valence-corrected chi connectivity index (χ2v) is 11.5. The van der Waals surface area contributed by atoms with Crippen molar-refractivity contribution in [3.63, 3.8) is 0 Å². The van der Waals surface area contributed by atoms with Gasteiger partial charge < -0.3 is 0 Å². The van der Waals surface area contributed by atoms with Crippen molar-refractivity contribution in [3.8, 4) is 5.69 Å². The van der Waals surface area contributed by atoms with Crippen molar-refractivity contribution < 1.29 is 4.92 Å². The molecule has 7 nitrogen and oxygen atoms in total. The van der Waals surface area contributed by atoms with E-state index in [1.807, 2.05) is 56.0 Å². The Labute approximate surface area is 185 Å². The van der Waals surface area contributed by atoms with Crippen molar-refractivity contribution in [1.29, 1.82) is 0 Å². The predicted molar refractivity (Wildman–Crippen MR) is 127 cm³/mol. The molecule has 0 fully saturated rings. The average Bonchev–Trinajstić information content (AvgIpc) is 3.02. The number of nitro benzene ring substituents is 1. The first kappa shape index (κ1) is 22.4. The summed E-state index contributed by atoms with van der Waals surface area (Å²) in [4.78, 5) is 10.7. The summed E-state index contributed by atoms with van der Waals surface area (Å²) in [7, 11) is 1.89. The molecule has 1 unspecified atom stereocenters. The Hall–Kier alpha value is -2.28. The molecule has 0 aliphatic heterocycles. The molecular formula is C21H25BrN5O2P. The molecule has 0 aliphatic rings. The maximum Gasteiger partial charge on any atom is 0.270 e. The highest BCUT2D eigenvalue weighted by Crippen LogP contribution is 2.55. The van der Waals surface area contributed by atoms with Crippen LogP contribution in [0.2, 0.25) is 0 Å². The molecule has 0 spiro atoms. The van der Waals surface area contributed by atoms with Crippen LogP contribution in [0.15, 0.2) is 57.7 Å². The summed E-state index contributed by atoms with van der Waals surface area (Å²) in [6.07, 6.45) is 0.811. The first-order valence-electron chi connectivity index (χ1n) is 9.56. The van der Waals surface area contributed by atoms with E-state index in [1.165, 1.54) is 12.1 Å². The van der Waals surface area contributed by atoms with Crippen LogP contribution >= 0.6 is 23.1 Å². The van der Waals surface area contributed by atoms with Gasteiger partial charge in [-0.2, -0.15) is 5.10 Å². The van der Waals surface area contributed by atoms with Crippen molar-refractivity contribution in [2.45, 2.75) is 20.8 Å². The monoisotopic (exact) mass is 489 g/mol. The van der Waals surface area contributed by atoms with Crippen LogP contribution in [0.4, 0.5) is 11.4 Å². The van der Waals surface area contributed by atoms with Crippen LogP contribution in [0.1, 0.15) is 18.3 Å². The Kier molecular flexibility index (Phi) is 6.60. The molecule has 0 aliphatic carbocycles. The molecule has 158 valence electrons. The molecule has 1 heterocycles. The van der Waals surface area contributed by atoms with Crippen LogP contribution in [0.3, 0.4) is 0 Å². The maximum absolute atomic E-state index is 11.1. The topological polar surface area (TPSA) is 76.6 Å².